The third-order valence-corrected chi connectivity index (χ3v) is 3.00. The lowest BCUT2D eigenvalue weighted by Gasteiger charge is -2.18. The van der Waals surface area contributed by atoms with Crippen LogP contribution in [0.2, 0.25) is 0 Å². The molecule has 0 radical (unpaired) electrons. The minimum absolute atomic E-state index is 0.0186. The molecule has 1 fully saturated rings. The summed E-state index contributed by atoms with van der Waals surface area (Å²) in [6, 6.07) is -0.111. The van der Waals surface area contributed by atoms with Gasteiger partial charge in [0.05, 0.1) is 12.0 Å². The molecule has 0 aliphatic heterocycles. The van der Waals surface area contributed by atoms with Gasteiger partial charge in [0.2, 0.25) is 5.91 Å². The van der Waals surface area contributed by atoms with E-state index in [-0.39, 0.29) is 23.9 Å². The molecular formula is C12H20N2O. The SMILES string of the molecule is C#CC(CCC)NC(=O)C1CCCC1N. The van der Waals surface area contributed by atoms with Crippen molar-refractivity contribution < 1.29 is 4.79 Å². The van der Waals surface area contributed by atoms with Gasteiger partial charge in [-0.3, -0.25) is 4.79 Å². The zero-order chi connectivity index (χ0) is 11.3. The molecule has 15 heavy (non-hydrogen) atoms. The highest BCUT2D eigenvalue weighted by molar-refractivity contribution is 5.80. The molecule has 0 saturated heterocycles. The first kappa shape index (κ1) is 12.1. The predicted octanol–water partition coefficient (Wildman–Crippen LogP) is 1.03. The summed E-state index contributed by atoms with van der Waals surface area (Å²) in [4.78, 5) is 11.8. The topological polar surface area (TPSA) is 55.1 Å². The van der Waals surface area contributed by atoms with Crippen molar-refractivity contribution in [3.8, 4) is 12.3 Å². The Labute approximate surface area is 91.8 Å². The van der Waals surface area contributed by atoms with Gasteiger partial charge in [-0.05, 0) is 19.3 Å². The maximum atomic E-state index is 11.8. The maximum absolute atomic E-state index is 11.8. The number of terminal acetylenes is 1. The lowest BCUT2D eigenvalue weighted by atomic mass is 10.0. The largest absolute Gasteiger partial charge is 0.342 e. The van der Waals surface area contributed by atoms with Crippen LogP contribution in [-0.4, -0.2) is 18.0 Å². The van der Waals surface area contributed by atoms with Crippen molar-refractivity contribution in [1.82, 2.24) is 5.32 Å². The van der Waals surface area contributed by atoms with Gasteiger partial charge in [-0.25, -0.2) is 0 Å². The van der Waals surface area contributed by atoms with Crippen molar-refractivity contribution in [2.45, 2.75) is 51.1 Å². The molecular weight excluding hydrogens is 188 g/mol. The monoisotopic (exact) mass is 208 g/mol. The van der Waals surface area contributed by atoms with Gasteiger partial charge >= 0.3 is 0 Å². The van der Waals surface area contributed by atoms with Gasteiger partial charge in [-0.1, -0.05) is 25.7 Å². The van der Waals surface area contributed by atoms with Crippen molar-refractivity contribution in [3.63, 3.8) is 0 Å². The molecule has 1 amide bonds. The van der Waals surface area contributed by atoms with E-state index in [1.165, 1.54) is 0 Å². The molecule has 3 heteroatoms. The highest BCUT2D eigenvalue weighted by atomic mass is 16.2. The molecule has 0 aromatic rings. The fourth-order valence-electron chi connectivity index (χ4n) is 2.08. The number of amides is 1. The summed E-state index contributed by atoms with van der Waals surface area (Å²) in [5.41, 5.74) is 5.86. The van der Waals surface area contributed by atoms with Crippen LogP contribution in [0, 0.1) is 18.3 Å². The first-order valence-corrected chi connectivity index (χ1v) is 5.71. The average molecular weight is 208 g/mol. The van der Waals surface area contributed by atoms with Crippen LogP contribution >= 0.6 is 0 Å². The highest BCUT2D eigenvalue weighted by Crippen LogP contribution is 2.24. The van der Waals surface area contributed by atoms with Crippen LogP contribution in [0.15, 0.2) is 0 Å². The van der Waals surface area contributed by atoms with E-state index in [4.69, 9.17) is 12.2 Å². The van der Waals surface area contributed by atoms with E-state index >= 15 is 0 Å². The van der Waals surface area contributed by atoms with Crippen LogP contribution in [0.25, 0.3) is 0 Å². The van der Waals surface area contributed by atoms with Crippen LogP contribution in [0.1, 0.15) is 39.0 Å². The van der Waals surface area contributed by atoms with Gasteiger partial charge in [0.1, 0.15) is 0 Å². The fourth-order valence-corrected chi connectivity index (χ4v) is 2.08. The molecule has 1 rings (SSSR count). The summed E-state index contributed by atoms with van der Waals surface area (Å²) in [6.45, 7) is 2.05. The van der Waals surface area contributed by atoms with Crippen LogP contribution < -0.4 is 11.1 Å². The number of hydrogen-bond acceptors (Lipinski definition) is 2. The second-order valence-electron chi connectivity index (χ2n) is 4.22. The van der Waals surface area contributed by atoms with E-state index in [0.717, 1.165) is 32.1 Å². The average Bonchev–Trinajstić information content (AvgIpc) is 2.63. The lowest BCUT2D eigenvalue weighted by Crippen LogP contribution is -2.42. The number of carbonyl (C=O) groups excluding carboxylic acids is 1. The third-order valence-electron chi connectivity index (χ3n) is 3.00. The molecule has 1 aliphatic rings. The molecule has 0 bridgehead atoms. The molecule has 1 saturated carbocycles. The minimum Gasteiger partial charge on any atom is -0.342 e. The normalized spacial score (nSPS) is 27.0. The van der Waals surface area contributed by atoms with Crippen LogP contribution in [-0.2, 0) is 4.79 Å². The molecule has 0 heterocycles. The molecule has 0 spiro atoms. The van der Waals surface area contributed by atoms with E-state index in [9.17, 15) is 4.79 Å². The van der Waals surface area contributed by atoms with Gasteiger partial charge < -0.3 is 11.1 Å². The second kappa shape index (κ2) is 5.77. The summed E-state index contributed by atoms with van der Waals surface area (Å²) in [5, 5.41) is 2.88. The van der Waals surface area contributed by atoms with Crippen molar-refractivity contribution in [3.05, 3.63) is 0 Å². The number of rotatable bonds is 4. The van der Waals surface area contributed by atoms with Gasteiger partial charge in [0, 0.05) is 6.04 Å². The Hall–Kier alpha value is -1.01. The predicted molar refractivity (Wildman–Crippen MR) is 61.0 cm³/mol. The van der Waals surface area contributed by atoms with Crippen molar-refractivity contribution >= 4 is 5.91 Å². The molecule has 84 valence electrons. The standard InChI is InChI=1S/C12H20N2O/c1-3-6-9(4-2)14-12(15)10-7-5-8-11(10)13/h2,9-11H,3,5-8,13H2,1H3,(H,14,15). The van der Waals surface area contributed by atoms with E-state index in [2.05, 4.69) is 18.2 Å². The number of nitrogens with two attached hydrogens (primary N) is 1. The first-order chi connectivity index (χ1) is 7.19. The Kier molecular flexibility index (Phi) is 4.64. The third kappa shape index (κ3) is 3.24. The van der Waals surface area contributed by atoms with Crippen molar-refractivity contribution in [1.29, 1.82) is 0 Å². The van der Waals surface area contributed by atoms with Gasteiger partial charge in [0.15, 0.2) is 0 Å². The summed E-state index contributed by atoms with van der Waals surface area (Å²) in [7, 11) is 0. The Morgan fingerprint density at radius 2 is 2.40 bits per heavy atom. The van der Waals surface area contributed by atoms with Crippen molar-refractivity contribution in [2.24, 2.45) is 11.7 Å². The van der Waals surface area contributed by atoms with E-state index in [1.54, 1.807) is 0 Å². The number of carbonyl (C=O) groups is 1. The van der Waals surface area contributed by atoms with Crippen molar-refractivity contribution in [2.75, 3.05) is 0 Å². The molecule has 3 unspecified atom stereocenters. The molecule has 3 atom stereocenters. The second-order valence-corrected chi connectivity index (χ2v) is 4.22. The van der Waals surface area contributed by atoms with E-state index < -0.39 is 0 Å². The maximum Gasteiger partial charge on any atom is 0.225 e. The van der Waals surface area contributed by atoms with E-state index in [1.807, 2.05) is 0 Å². The van der Waals surface area contributed by atoms with Gasteiger partial charge in [-0.2, -0.15) is 0 Å². The zero-order valence-electron chi connectivity index (χ0n) is 9.33. The molecule has 1 aliphatic carbocycles. The summed E-state index contributed by atoms with van der Waals surface area (Å²) >= 11 is 0. The highest BCUT2D eigenvalue weighted by Gasteiger charge is 2.30. The quantitative estimate of drug-likeness (QED) is 0.678. The van der Waals surface area contributed by atoms with Gasteiger partial charge in [-0.15, -0.1) is 6.42 Å². The van der Waals surface area contributed by atoms with Crippen LogP contribution in [0.3, 0.4) is 0 Å². The summed E-state index contributed by atoms with van der Waals surface area (Å²) < 4.78 is 0. The molecule has 0 aromatic heterocycles. The Bertz CT molecular complexity index is 257. The lowest BCUT2D eigenvalue weighted by molar-refractivity contribution is -0.125. The smallest absolute Gasteiger partial charge is 0.225 e. The minimum atomic E-state index is -0.129. The molecule has 3 N–H and O–H groups in total. The summed E-state index contributed by atoms with van der Waals surface area (Å²) in [6.07, 6.45) is 10.1. The molecule has 3 nitrogen and oxygen atoms in total. The fraction of sp³-hybridized carbons (Fsp3) is 0.750. The van der Waals surface area contributed by atoms with Crippen LogP contribution in [0.5, 0.6) is 0 Å². The molecule has 0 aromatic carbocycles. The summed E-state index contributed by atoms with van der Waals surface area (Å²) in [5.74, 6) is 2.61. The Morgan fingerprint density at radius 3 is 2.87 bits per heavy atom. The van der Waals surface area contributed by atoms with Gasteiger partial charge in [0.25, 0.3) is 0 Å². The van der Waals surface area contributed by atoms with Crippen LogP contribution in [0.4, 0.5) is 0 Å². The number of nitrogens with one attached hydrogen (secondary N) is 1. The Balaban J connectivity index is 2.43. The zero-order valence-corrected chi connectivity index (χ0v) is 9.33. The first-order valence-electron chi connectivity index (χ1n) is 5.71. The Morgan fingerprint density at radius 1 is 1.67 bits per heavy atom. The van der Waals surface area contributed by atoms with E-state index in [0.29, 0.717) is 0 Å². The number of hydrogen-bond donors (Lipinski definition) is 2.